The first-order chi connectivity index (χ1) is 15.4. The number of fused-ring (bicyclic) bond motifs is 1. The van der Waals surface area contributed by atoms with Crippen LogP contribution in [0.5, 0.6) is 5.75 Å². The highest BCUT2D eigenvalue weighted by Gasteiger charge is 2.19. The fraction of sp³-hybridized carbons (Fsp3) is 0.130. The minimum absolute atomic E-state index is 0.119. The zero-order valence-corrected chi connectivity index (χ0v) is 18.8. The van der Waals surface area contributed by atoms with E-state index < -0.39 is 10.8 Å². The largest absolute Gasteiger partial charge is 0.487 e. The van der Waals surface area contributed by atoms with E-state index in [9.17, 15) is 14.9 Å². The Morgan fingerprint density at radius 3 is 2.72 bits per heavy atom. The Kier molecular flexibility index (Phi) is 5.91. The molecule has 162 valence electrons. The molecule has 0 unspecified atom stereocenters. The standard InChI is InChI=1S/C23H18BrN3O5/c1-3-31-21-8-5-14(11-19(21)27(29)30)22(28)25-16-6-9-20-18(12-16)26-23(32-20)15-4-7-17(24)13(2)10-15/h4-12H,3H2,1-2H3,(H,25,28). The number of carbonyl (C=O) groups excluding carboxylic acids is 1. The van der Waals surface area contributed by atoms with Crippen LogP contribution in [-0.2, 0) is 0 Å². The number of benzene rings is 3. The maximum Gasteiger partial charge on any atom is 0.311 e. The van der Waals surface area contributed by atoms with Crippen LogP contribution in [0.3, 0.4) is 0 Å². The number of halogens is 1. The topological polar surface area (TPSA) is 108 Å². The number of nitro benzene ring substituents is 1. The summed E-state index contributed by atoms with van der Waals surface area (Å²) < 4.78 is 12.1. The molecular formula is C23H18BrN3O5. The lowest BCUT2D eigenvalue weighted by Crippen LogP contribution is -2.12. The predicted molar refractivity (Wildman–Crippen MR) is 124 cm³/mol. The minimum Gasteiger partial charge on any atom is -0.487 e. The molecule has 0 saturated carbocycles. The second-order valence-electron chi connectivity index (χ2n) is 6.99. The first-order valence-corrected chi connectivity index (χ1v) is 10.5. The van der Waals surface area contributed by atoms with Gasteiger partial charge in [-0.3, -0.25) is 14.9 Å². The van der Waals surface area contributed by atoms with E-state index in [4.69, 9.17) is 9.15 Å². The maximum atomic E-state index is 12.7. The lowest BCUT2D eigenvalue weighted by atomic mass is 10.1. The molecule has 0 fully saturated rings. The molecule has 0 radical (unpaired) electrons. The van der Waals surface area contributed by atoms with Crippen molar-refractivity contribution in [1.29, 1.82) is 0 Å². The molecular weight excluding hydrogens is 478 g/mol. The van der Waals surface area contributed by atoms with Crippen LogP contribution < -0.4 is 10.1 Å². The van der Waals surface area contributed by atoms with Crippen LogP contribution in [-0.4, -0.2) is 22.4 Å². The number of hydrogen-bond donors (Lipinski definition) is 1. The van der Waals surface area contributed by atoms with Crippen LogP contribution in [0.1, 0.15) is 22.8 Å². The van der Waals surface area contributed by atoms with Gasteiger partial charge in [-0.25, -0.2) is 4.98 Å². The summed E-state index contributed by atoms with van der Waals surface area (Å²) in [5, 5.41) is 14.1. The molecule has 3 aromatic carbocycles. The van der Waals surface area contributed by atoms with Crippen LogP contribution in [0, 0.1) is 17.0 Å². The molecule has 0 aliphatic rings. The lowest BCUT2D eigenvalue weighted by Gasteiger charge is -2.07. The number of hydrogen-bond acceptors (Lipinski definition) is 6. The van der Waals surface area contributed by atoms with E-state index in [1.807, 2.05) is 25.1 Å². The molecule has 4 rings (SSSR count). The van der Waals surface area contributed by atoms with Gasteiger partial charge in [0, 0.05) is 27.4 Å². The number of anilines is 1. The highest BCUT2D eigenvalue weighted by molar-refractivity contribution is 9.10. The first-order valence-electron chi connectivity index (χ1n) is 9.75. The Morgan fingerprint density at radius 1 is 1.19 bits per heavy atom. The lowest BCUT2D eigenvalue weighted by molar-refractivity contribution is -0.385. The molecule has 1 N–H and O–H groups in total. The molecule has 0 bridgehead atoms. The van der Waals surface area contributed by atoms with Crippen molar-refractivity contribution in [1.82, 2.24) is 4.98 Å². The van der Waals surface area contributed by atoms with Gasteiger partial charge in [0.05, 0.1) is 11.5 Å². The van der Waals surface area contributed by atoms with E-state index >= 15 is 0 Å². The van der Waals surface area contributed by atoms with Crippen molar-refractivity contribution in [3.63, 3.8) is 0 Å². The number of nitrogens with one attached hydrogen (secondary N) is 1. The van der Waals surface area contributed by atoms with Crippen LogP contribution in [0.4, 0.5) is 11.4 Å². The van der Waals surface area contributed by atoms with Crippen molar-refractivity contribution in [2.24, 2.45) is 0 Å². The fourth-order valence-corrected chi connectivity index (χ4v) is 3.44. The van der Waals surface area contributed by atoms with Gasteiger partial charge in [0.25, 0.3) is 5.91 Å². The van der Waals surface area contributed by atoms with Crippen molar-refractivity contribution < 1.29 is 18.9 Å². The average Bonchev–Trinajstić information content (AvgIpc) is 3.19. The maximum absolute atomic E-state index is 12.7. The Balaban J connectivity index is 1.59. The van der Waals surface area contributed by atoms with Crippen molar-refractivity contribution in [2.45, 2.75) is 13.8 Å². The number of ether oxygens (including phenoxy) is 1. The minimum atomic E-state index is -0.575. The summed E-state index contributed by atoms with van der Waals surface area (Å²) in [5.74, 6) is 0.109. The number of aryl methyl sites for hydroxylation is 1. The Labute approximate surface area is 191 Å². The summed E-state index contributed by atoms with van der Waals surface area (Å²) in [7, 11) is 0. The zero-order valence-electron chi connectivity index (χ0n) is 17.2. The normalized spacial score (nSPS) is 10.8. The van der Waals surface area contributed by atoms with E-state index in [2.05, 4.69) is 26.2 Å². The molecule has 1 heterocycles. The number of rotatable bonds is 6. The molecule has 1 aromatic heterocycles. The van der Waals surface area contributed by atoms with Gasteiger partial charge >= 0.3 is 5.69 Å². The highest BCUT2D eigenvalue weighted by Crippen LogP contribution is 2.30. The smallest absolute Gasteiger partial charge is 0.311 e. The van der Waals surface area contributed by atoms with Crippen LogP contribution in [0.15, 0.2) is 63.5 Å². The molecule has 4 aromatic rings. The molecule has 1 amide bonds. The summed E-state index contributed by atoms with van der Waals surface area (Å²) in [6, 6.07) is 15.0. The molecule has 8 nitrogen and oxygen atoms in total. The summed E-state index contributed by atoms with van der Waals surface area (Å²) in [4.78, 5) is 27.9. The summed E-state index contributed by atoms with van der Waals surface area (Å²) in [6.45, 7) is 3.99. The van der Waals surface area contributed by atoms with Gasteiger partial charge < -0.3 is 14.5 Å². The molecule has 9 heteroatoms. The van der Waals surface area contributed by atoms with Crippen LogP contribution in [0.25, 0.3) is 22.6 Å². The van der Waals surface area contributed by atoms with Gasteiger partial charge in [-0.15, -0.1) is 0 Å². The van der Waals surface area contributed by atoms with Crippen molar-refractivity contribution in [3.05, 3.63) is 80.3 Å². The van der Waals surface area contributed by atoms with Gasteiger partial charge in [0.2, 0.25) is 5.89 Å². The molecule has 0 spiro atoms. The van der Waals surface area contributed by atoms with E-state index in [1.165, 1.54) is 18.2 Å². The Hall–Kier alpha value is -3.72. The zero-order chi connectivity index (χ0) is 22.8. The molecule has 0 aliphatic carbocycles. The van der Waals surface area contributed by atoms with Crippen molar-refractivity contribution >= 4 is 44.3 Å². The third-order valence-electron chi connectivity index (χ3n) is 4.77. The predicted octanol–water partition coefficient (Wildman–Crippen LogP) is 6.12. The van der Waals surface area contributed by atoms with Gasteiger partial charge in [0.1, 0.15) is 5.52 Å². The van der Waals surface area contributed by atoms with E-state index in [-0.39, 0.29) is 23.6 Å². The van der Waals surface area contributed by atoms with Gasteiger partial charge in [0.15, 0.2) is 11.3 Å². The van der Waals surface area contributed by atoms with Gasteiger partial charge in [-0.1, -0.05) is 15.9 Å². The van der Waals surface area contributed by atoms with Crippen LogP contribution in [0.2, 0.25) is 0 Å². The number of oxazole rings is 1. The number of nitro groups is 1. The fourth-order valence-electron chi connectivity index (χ4n) is 3.19. The second kappa shape index (κ2) is 8.80. The quantitative estimate of drug-likeness (QED) is 0.254. The summed E-state index contributed by atoms with van der Waals surface area (Å²) in [5.41, 5.74) is 3.43. The number of nitrogens with zero attached hydrogens (tertiary/aromatic N) is 2. The summed E-state index contributed by atoms with van der Waals surface area (Å²) in [6.07, 6.45) is 0. The molecule has 32 heavy (non-hydrogen) atoms. The highest BCUT2D eigenvalue weighted by atomic mass is 79.9. The SMILES string of the molecule is CCOc1ccc(C(=O)Nc2ccc3oc(-c4ccc(Br)c(C)c4)nc3c2)cc1[N+](=O)[O-]. The molecule has 0 atom stereocenters. The second-order valence-corrected chi connectivity index (χ2v) is 7.85. The Morgan fingerprint density at radius 2 is 2.00 bits per heavy atom. The van der Waals surface area contributed by atoms with Crippen molar-refractivity contribution in [3.8, 4) is 17.2 Å². The Bertz CT molecular complexity index is 1350. The van der Waals surface area contributed by atoms with E-state index in [0.29, 0.717) is 22.7 Å². The van der Waals surface area contributed by atoms with Crippen molar-refractivity contribution in [2.75, 3.05) is 11.9 Å². The number of carbonyl (C=O) groups is 1. The van der Waals surface area contributed by atoms with E-state index in [1.54, 1.807) is 25.1 Å². The summed E-state index contributed by atoms with van der Waals surface area (Å²) >= 11 is 3.48. The van der Waals surface area contributed by atoms with Gasteiger partial charge in [-0.05, 0) is 67.9 Å². The third kappa shape index (κ3) is 4.33. The van der Waals surface area contributed by atoms with Gasteiger partial charge in [-0.2, -0.15) is 0 Å². The monoisotopic (exact) mass is 495 g/mol. The molecule has 0 saturated heterocycles. The average molecular weight is 496 g/mol. The van der Waals surface area contributed by atoms with Crippen LogP contribution >= 0.6 is 15.9 Å². The van der Waals surface area contributed by atoms with E-state index in [0.717, 1.165) is 15.6 Å². The third-order valence-corrected chi connectivity index (χ3v) is 5.66. The first kappa shape index (κ1) is 21.5. The number of amides is 1. The molecule has 0 aliphatic heterocycles. The number of aromatic nitrogens is 1.